The zero-order chi connectivity index (χ0) is 7.56. The minimum Gasteiger partial charge on any atom is -0.0984 e. The fraction of sp³-hybridized carbons (Fsp3) is 0. The Morgan fingerprint density at radius 3 is 2.70 bits per heavy atom. The molecule has 0 amide bonds. The van der Waals surface area contributed by atoms with Gasteiger partial charge in [-0.1, -0.05) is 40.2 Å². The molecule has 1 aromatic rings. The maximum atomic E-state index is 5.80. The van der Waals surface area contributed by atoms with E-state index < -0.39 is 0 Å². The fourth-order valence-corrected chi connectivity index (χ4v) is 1.24. The van der Waals surface area contributed by atoms with Gasteiger partial charge in [0.05, 0.1) is 0 Å². The van der Waals surface area contributed by atoms with Gasteiger partial charge in [0, 0.05) is 9.50 Å². The van der Waals surface area contributed by atoms with E-state index in [4.69, 9.17) is 11.6 Å². The highest BCUT2D eigenvalue weighted by atomic mass is 79.9. The predicted molar refractivity (Wildman–Crippen MR) is 49.2 cm³/mol. The highest BCUT2D eigenvalue weighted by Gasteiger charge is 1.94. The molecule has 0 aliphatic heterocycles. The molecule has 52 valence electrons. The Hall–Kier alpha value is -0.270. The van der Waals surface area contributed by atoms with Crippen molar-refractivity contribution in [2.75, 3.05) is 0 Å². The van der Waals surface area contributed by atoms with Crippen molar-refractivity contribution in [3.63, 3.8) is 0 Å². The standard InChI is InChI=1S/C8H6BrCl/c1-2-6-5-7(9)3-4-8(6)10/h2-5H,1H2. The van der Waals surface area contributed by atoms with Crippen LogP contribution in [0.4, 0.5) is 0 Å². The molecule has 0 unspecified atom stereocenters. The van der Waals surface area contributed by atoms with Crippen LogP contribution in [-0.2, 0) is 0 Å². The van der Waals surface area contributed by atoms with Crippen molar-refractivity contribution in [2.24, 2.45) is 0 Å². The molecule has 10 heavy (non-hydrogen) atoms. The third-order valence-corrected chi connectivity index (χ3v) is 2.02. The molecule has 0 nitrogen and oxygen atoms in total. The normalized spacial score (nSPS) is 9.40. The Bertz CT molecular complexity index is 255. The topological polar surface area (TPSA) is 0 Å². The average molecular weight is 217 g/mol. The van der Waals surface area contributed by atoms with Crippen molar-refractivity contribution in [3.8, 4) is 0 Å². The lowest BCUT2D eigenvalue weighted by molar-refractivity contribution is 1.61. The maximum Gasteiger partial charge on any atom is 0.0478 e. The molecule has 0 aliphatic rings. The molecule has 0 N–H and O–H groups in total. The summed E-state index contributed by atoms with van der Waals surface area (Å²) in [6, 6.07) is 5.66. The molecule has 0 atom stereocenters. The van der Waals surface area contributed by atoms with Gasteiger partial charge in [0.15, 0.2) is 0 Å². The van der Waals surface area contributed by atoms with Gasteiger partial charge < -0.3 is 0 Å². The molecule has 0 spiro atoms. The van der Waals surface area contributed by atoms with E-state index in [0.717, 1.165) is 15.1 Å². The number of benzene rings is 1. The Morgan fingerprint density at radius 2 is 2.20 bits per heavy atom. The smallest absolute Gasteiger partial charge is 0.0478 e. The van der Waals surface area contributed by atoms with Crippen molar-refractivity contribution in [1.82, 2.24) is 0 Å². The third kappa shape index (κ3) is 1.61. The summed E-state index contributed by atoms with van der Waals surface area (Å²) in [5, 5.41) is 0.734. The second-order valence-corrected chi connectivity index (χ2v) is 3.19. The predicted octanol–water partition coefficient (Wildman–Crippen LogP) is 3.75. The van der Waals surface area contributed by atoms with Crippen molar-refractivity contribution in [2.45, 2.75) is 0 Å². The van der Waals surface area contributed by atoms with Gasteiger partial charge in [0.25, 0.3) is 0 Å². The highest BCUT2D eigenvalue weighted by molar-refractivity contribution is 9.10. The minimum absolute atomic E-state index is 0.734. The van der Waals surface area contributed by atoms with Crippen molar-refractivity contribution >= 4 is 33.6 Å². The molecular weight excluding hydrogens is 211 g/mol. The van der Waals surface area contributed by atoms with Gasteiger partial charge in [-0.25, -0.2) is 0 Å². The number of halogens is 2. The van der Waals surface area contributed by atoms with Crippen LogP contribution < -0.4 is 0 Å². The summed E-state index contributed by atoms with van der Waals surface area (Å²) in [6.45, 7) is 3.63. The first-order valence-electron chi connectivity index (χ1n) is 2.81. The average Bonchev–Trinajstić information content (AvgIpc) is 1.94. The third-order valence-electron chi connectivity index (χ3n) is 1.18. The van der Waals surface area contributed by atoms with Gasteiger partial charge in [-0.2, -0.15) is 0 Å². The summed E-state index contributed by atoms with van der Waals surface area (Å²) in [4.78, 5) is 0. The molecule has 1 rings (SSSR count). The molecule has 0 saturated heterocycles. The molecule has 0 fully saturated rings. The van der Waals surface area contributed by atoms with Crippen LogP contribution in [-0.4, -0.2) is 0 Å². The Labute approximate surface area is 73.6 Å². The Kier molecular flexibility index (Phi) is 2.52. The summed E-state index contributed by atoms with van der Waals surface area (Å²) < 4.78 is 1.02. The van der Waals surface area contributed by atoms with E-state index in [0.29, 0.717) is 0 Å². The zero-order valence-corrected chi connectivity index (χ0v) is 7.61. The van der Waals surface area contributed by atoms with Gasteiger partial charge in [0.1, 0.15) is 0 Å². The van der Waals surface area contributed by atoms with Crippen LogP contribution in [0.1, 0.15) is 5.56 Å². The SMILES string of the molecule is C=Cc1cc(Br)ccc1Cl. The molecule has 1 aromatic carbocycles. The second-order valence-electron chi connectivity index (χ2n) is 1.87. The van der Waals surface area contributed by atoms with Crippen molar-refractivity contribution in [1.29, 1.82) is 0 Å². The lowest BCUT2D eigenvalue weighted by atomic mass is 10.2. The second kappa shape index (κ2) is 3.22. The first-order valence-corrected chi connectivity index (χ1v) is 3.98. The van der Waals surface area contributed by atoms with Gasteiger partial charge in [0.2, 0.25) is 0 Å². The monoisotopic (exact) mass is 216 g/mol. The Morgan fingerprint density at radius 1 is 1.50 bits per heavy atom. The maximum absolute atomic E-state index is 5.80. The van der Waals surface area contributed by atoms with Crippen LogP contribution in [0.15, 0.2) is 29.3 Å². The van der Waals surface area contributed by atoms with E-state index in [1.54, 1.807) is 6.08 Å². The van der Waals surface area contributed by atoms with E-state index in [9.17, 15) is 0 Å². The molecule has 2 heteroatoms. The summed E-state index contributed by atoms with van der Waals surface area (Å²) in [5.74, 6) is 0. The summed E-state index contributed by atoms with van der Waals surface area (Å²) >= 11 is 9.13. The van der Waals surface area contributed by atoms with Gasteiger partial charge in [-0.3, -0.25) is 0 Å². The lowest BCUT2D eigenvalue weighted by Gasteiger charge is -1.96. The van der Waals surface area contributed by atoms with Gasteiger partial charge >= 0.3 is 0 Å². The van der Waals surface area contributed by atoms with Gasteiger partial charge in [-0.15, -0.1) is 0 Å². The van der Waals surface area contributed by atoms with E-state index >= 15 is 0 Å². The molecule has 0 radical (unpaired) electrons. The quantitative estimate of drug-likeness (QED) is 0.672. The first kappa shape index (κ1) is 7.83. The lowest BCUT2D eigenvalue weighted by Crippen LogP contribution is -1.73. The number of hydrogen-bond donors (Lipinski definition) is 0. The van der Waals surface area contributed by atoms with Crippen molar-refractivity contribution in [3.05, 3.63) is 39.8 Å². The van der Waals surface area contributed by atoms with Crippen LogP contribution >= 0.6 is 27.5 Å². The highest BCUT2D eigenvalue weighted by Crippen LogP contribution is 2.21. The molecular formula is C8H6BrCl. The number of hydrogen-bond acceptors (Lipinski definition) is 0. The van der Waals surface area contributed by atoms with E-state index in [1.807, 2.05) is 18.2 Å². The zero-order valence-electron chi connectivity index (χ0n) is 5.27. The first-order chi connectivity index (χ1) is 4.74. The number of rotatable bonds is 1. The molecule has 0 heterocycles. The van der Waals surface area contributed by atoms with Crippen LogP contribution in [0.5, 0.6) is 0 Å². The van der Waals surface area contributed by atoms with Gasteiger partial charge in [-0.05, 0) is 23.8 Å². The van der Waals surface area contributed by atoms with E-state index in [-0.39, 0.29) is 0 Å². The minimum atomic E-state index is 0.734. The fourth-order valence-electron chi connectivity index (χ4n) is 0.671. The molecule has 0 aliphatic carbocycles. The summed E-state index contributed by atoms with van der Waals surface area (Å²) in [6.07, 6.45) is 1.73. The molecule has 0 saturated carbocycles. The molecule has 0 aromatic heterocycles. The van der Waals surface area contributed by atoms with Crippen LogP contribution in [0.2, 0.25) is 5.02 Å². The molecule has 0 bridgehead atoms. The van der Waals surface area contributed by atoms with Crippen molar-refractivity contribution < 1.29 is 0 Å². The van der Waals surface area contributed by atoms with Crippen LogP contribution in [0.25, 0.3) is 6.08 Å². The van der Waals surface area contributed by atoms with E-state index in [2.05, 4.69) is 22.5 Å². The Balaban J connectivity index is 3.21. The van der Waals surface area contributed by atoms with E-state index in [1.165, 1.54) is 0 Å². The largest absolute Gasteiger partial charge is 0.0984 e. The van der Waals surface area contributed by atoms with Crippen LogP contribution in [0, 0.1) is 0 Å². The summed E-state index contributed by atoms with van der Waals surface area (Å²) in [5.41, 5.74) is 0.955. The summed E-state index contributed by atoms with van der Waals surface area (Å²) in [7, 11) is 0. The van der Waals surface area contributed by atoms with Crippen LogP contribution in [0.3, 0.4) is 0 Å².